The Balaban J connectivity index is 1.88. The van der Waals surface area contributed by atoms with Gasteiger partial charge in [-0.15, -0.1) is 0 Å². The van der Waals surface area contributed by atoms with Gasteiger partial charge >= 0.3 is 5.97 Å². The molecule has 0 atom stereocenters. The highest BCUT2D eigenvalue weighted by Gasteiger charge is 2.24. The number of aryl methyl sites for hydroxylation is 1. The van der Waals surface area contributed by atoms with E-state index in [-0.39, 0.29) is 5.97 Å². The van der Waals surface area contributed by atoms with E-state index in [0.717, 1.165) is 12.1 Å². The quantitative estimate of drug-likeness (QED) is 0.830. The highest BCUT2D eigenvalue weighted by Crippen LogP contribution is 2.34. The molecule has 1 aromatic heterocycles. The Morgan fingerprint density at radius 3 is 2.79 bits per heavy atom. The lowest BCUT2D eigenvalue weighted by molar-refractivity contribution is -0.706. The fraction of sp³-hybridized carbons (Fsp3) is 0.526. The monoisotopic (exact) mass is 350 g/mol. The van der Waals surface area contributed by atoms with Crippen LogP contribution < -0.4 is 5.32 Å². The van der Waals surface area contributed by atoms with Crippen LogP contribution in [0.15, 0.2) is 16.5 Å². The van der Waals surface area contributed by atoms with E-state index in [1.807, 2.05) is 12.1 Å². The van der Waals surface area contributed by atoms with E-state index in [9.17, 15) is 4.79 Å². The predicted octanol–water partition coefficient (Wildman–Crippen LogP) is 3.97. The molecule has 0 aliphatic heterocycles. The number of furan rings is 1. The average molecular weight is 351 g/mol. The molecule has 1 aliphatic rings. The predicted molar refractivity (Wildman–Crippen MR) is 94.4 cm³/mol. The van der Waals surface area contributed by atoms with Gasteiger partial charge in [-0.3, -0.25) is 0 Å². The summed E-state index contributed by atoms with van der Waals surface area (Å²) in [4.78, 5) is 12.3. The van der Waals surface area contributed by atoms with Crippen LogP contribution >= 0.6 is 11.6 Å². The SMILES string of the molecule is CCOC(=O)c1c(C)oc2ccc(C[NH2+]C3CCCCC3)c(Cl)c12. The normalized spacial score (nSPS) is 15.8. The number of ether oxygens (including phenoxy) is 1. The molecule has 1 saturated carbocycles. The first-order valence-corrected chi connectivity index (χ1v) is 9.20. The van der Waals surface area contributed by atoms with Crippen LogP contribution in [0.1, 0.15) is 60.7 Å². The molecular weight excluding hydrogens is 326 g/mol. The molecule has 0 bridgehead atoms. The Bertz CT molecular complexity index is 732. The van der Waals surface area contributed by atoms with Crippen molar-refractivity contribution in [1.82, 2.24) is 0 Å². The van der Waals surface area contributed by atoms with Crippen LogP contribution in [-0.2, 0) is 11.3 Å². The minimum absolute atomic E-state index is 0.331. The zero-order valence-corrected chi connectivity index (χ0v) is 15.1. The molecule has 1 aliphatic carbocycles. The molecule has 130 valence electrons. The number of esters is 1. The number of quaternary nitrogens is 1. The Labute approximate surface area is 147 Å². The molecule has 5 heteroatoms. The molecule has 3 rings (SSSR count). The summed E-state index contributed by atoms with van der Waals surface area (Å²) in [6.45, 7) is 4.72. The van der Waals surface area contributed by atoms with E-state index in [0.29, 0.717) is 40.0 Å². The number of carbonyl (C=O) groups excluding carboxylic acids is 1. The number of nitrogens with two attached hydrogens (primary N) is 1. The summed E-state index contributed by atoms with van der Waals surface area (Å²) >= 11 is 6.63. The molecule has 1 heterocycles. The van der Waals surface area contributed by atoms with Gasteiger partial charge in [0.15, 0.2) is 0 Å². The highest BCUT2D eigenvalue weighted by atomic mass is 35.5. The number of hydrogen-bond donors (Lipinski definition) is 1. The fourth-order valence-electron chi connectivity index (χ4n) is 3.58. The zero-order chi connectivity index (χ0) is 17.1. The largest absolute Gasteiger partial charge is 0.462 e. The molecule has 0 spiro atoms. The Morgan fingerprint density at radius 2 is 2.08 bits per heavy atom. The molecule has 1 fully saturated rings. The minimum Gasteiger partial charge on any atom is -0.462 e. The standard InChI is InChI=1S/C19H24ClNO3/c1-3-23-19(22)16-12(2)24-15-10-9-13(18(20)17(15)16)11-21-14-7-5-4-6-8-14/h9-10,14,21H,3-8,11H2,1-2H3/p+1. The van der Waals surface area contributed by atoms with Crippen LogP contribution in [0.3, 0.4) is 0 Å². The Morgan fingerprint density at radius 1 is 1.33 bits per heavy atom. The molecule has 0 amide bonds. The third kappa shape index (κ3) is 3.45. The summed E-state index contributed by atoms with van der Waals surface area (Å²) in [6, 6.07) is 4.59. The second kappa shape index (κ2) is 7.58. The van der Waals surface area contributed by atoms with Crippen molar-refractivity contribution in [1.29, 1.82) is 0 Å². The molecule has 0 radical (unpaired) electrons. The lowest BCUT2D eigenvalue weighted by Crippen LogP contribution is -2.88. The van der Waals surface area contributed by atoms with Gasteiger partial charge in [0.05, 0.1) is 23.1 Å². The van der Waals surface area contributed by atoms with E-state index in [4.69, 9.17) is 20.8 Å². The highest BCUT2D eigenvalue weighted by molar-refractivity contribution is 6.37. The molecular formula is C19H25ClNO3+. The maximum atomic E-state index is 12.3. The first-order valence-electron chi connectivity index (χ1n) is 8.82. The van der Waals surface area contributed by atoms with Crippen molar-refractivity contribution in [2.24, 2.45) is 0 Å². The molecule has 0 unspecified atom stereocenters. The number of hydrogen-bond acceptors (Lipinski definition) is 3. The topological polar surface area (TPSA) is 56.0 Å². The van der Waals surface area contributed by atoms with Gasteiger partial charge in [-0.25, -0.2) is 4.79 Å². The molecule has 2 N–H and O–H groups in total. The van der Waals surface area contributed by atoms with Gasteiger partial charge in [-0.1, -0.05) is 18.0 Å². The third-order valence-electron chi connectivity index (χ3n) is 4.85. The second-order valence-corrected chi connectivity index (χ2v) is 6.88. The zero-order valence-electron chi connectivity index (χ0n) is 14.4. The average Bonchev–Trinajstić information content (AvgIpc) is 2.92. The molecule has 4 nitrogen and oxygen atoms in total. The Kier molecular flexibility index (Phi) is 5.47. The van der Waals surface area contributed by atoms with Crippen molar-refractivity contribution in [3.63, 3.8) is 0 Å². The van der Waals surface area contributed by atoms with Crippen LogP contribution in [0.2, 0.25) is 5.02 Å². The lowest BCUT2D eigenvalue weighted by atomic mass is 9.95. The maximum Gasteiger partial charge on any atom is 0.342 e. The number of fused-ring (bicyclic) bond motifs is 1. The van der Waals surface area contributed by atoms with Crippen molar-refractivity contribution in [3.8, 4) is 0 Å². The number of rotatable bonds is 5. The van der Waals surface area contributed by atoms with Crippen molar-refractivity contribution >= 4 is 28.5 Å². The summed E-state index contributed by atoms with van der Waals surface area (Å²) in [5.74, 6) is 0.183. The van der Waals surface area contributed by atoms with Crippen LogP contribution in [0.4, 0.5) is 0 Å². The summed E-state index contributed by atoms with van der Waals surface area (Å²) in [7, 11) is 0. The van der Waals surface area contributed by atoms with Crippen molar-refractivity contribution in [3.05, 3.63) is 34.0 Å². The first kappa shape index (κ1) is 17.3. The molecule has 2 aromatic rings. The van der Waals surface area contributed by atoms with Crippen molar-refractivity contribution in [2.45, 2.75) is 58.5 Å². The van der Waals surface area contributed by atoms with Gasteiger partial charge in [-0.2, -0.15) is 0 Å². The van der Waals surface area contributed by atoms with Crippen LogP contribution in [0.25, 0.3) is 11.0 Å². The van der Waals surface area contributed by atoms with E-state index >= 15 is 0 Å². The first-order chi connectivity index (χ1) is 11.6. The van der Waals surface area contributed by atoms with Gasteiger partial charge in [0.1, 0.15) is 23.5 Å². The number of carbonyl (C=O) groups is 1. The molecule has 1 aromatic carbocycles. The lowest BCUT2D eigenvalue weighted by Gasteiger charge is -2.20. The van der Waals surface area contributed by atoms with Crippen LogP contribution in [0, 0.1) is 6.92 Å². The van der Waals surface area contributed by atoms with Gasteiger partial charge in [0.25, 0.3) is 0 Å². The molecule has 24 heavy (non-hydrogen) atoms. The van der Waals surface area contributed by atoms with Crippen LogP contribution in [0.5, 0.6) is 0 Å². The van der Waals surface area contributed by atoms with Crippen LogP contribution in [-0.4, -0.2) is 18.6 Å². The van der Waals surface area contributed by atoms with E-state index in [1.165, 1.54) is 32.1 Å². The van der Waals surface area contributed by atoms with Gasteiger partial charge in [0.2, 0.25) is 0 Å². The third-order valence-corrected chi connectivity index (χ3v) is 5.28. The second-order valence-electron chi connectivity index (χ2n) is 6.50. The van der Waals surface area contributed by atoms with Gasteiger partial charge in [0, 0.05) is 5.56 Å². The smallest absolute Gasteiger partial charge is 0.342 e. The number of benzene rings is 1. The molecule has 0 saturated heterocycles. The van der Waals surface area contributed by atoms with E-state index < -0.39 is 0 Å². The fourth-order valence-corrected chi connectivity index (χ4v) is 3.91. The van der Waals surface area contributed by atoms with Gasteiger partial charge < -0.3 is 14.5 Å². The Hall–Kier alpha value is -1.52. The number of halogens is 1. The minimum atomic E-state index is -0.371. The van der Waals surface area contributed by atoms with Crippen molar-refractivity contribution < 1.29 is 19.3 Å². The van der Waals surface area contributed by atoms with E-state index in [2.05, 4.69) is 5.32 Å². The summed E-state index contributed by atoms with van der Waals surface area (Å²) in [5.41, 5.74) is 2.14. The van der Waals surface area contributed by atoms with Gasteiger partial charge in [-0.05, 0) is 51.7 Å². The maximum absolute atomic E-state index is 12.3. The van der Waals surface area contributed by atoms with E-state index in [1.54, 1.807) is 13.8 Å². The van der Waals surface area contributed by atoms with Crippen molar-refractivity contribution in [2.75, 3.05) is 6.61 Å². The summed E-state index contributed by atoms with van der Waals surface area (Å²) < 4.78 is 10.9. The summed E-state index contributed by atoms with van der Waals surface area (Å²) in [6.07, 6.45) is 6.55. The summed E-state index contributed by atoms with van der Waals surface area (Å²) in [5, 5.41) is 3.67.